The first-order valence-corrected chi connectivity index (χ1v) is 13.3. The number of halogens is 1. The lowest BCUT2D eigenvalue weighted by Gasteiger charge is -2.22. The molecule has 4 aromatic rings. The second kappa shape index (κ2) is 12.6. The van der Waals surface area contributed by atoms with Crippen LogP contribution in [0.4, 0.5) is 5.82 Å². The van der Waals surface area contributed by atoms with E-state index in [1.54, 1.807) is 28.8 Å². The second-order valence-corrected chi connectivity index (χ2v) is 9.84. The van der Waals surface area contributed by atoms with Gasteiger partial charge in [0.15, 0.2) is 0 Å². The highest BCUT2D eigenvalue weighted by atomic mass is 79.9. The van der Waals surface area contributed by atoms with Crippen LogP contribution in [0, 0.1) is 6.92 Å². The molecule has 2 amide bonds. The third-order valence-electron chi connectivity index (χ3n) is 6.19. The van der Waals surface area contributed by atoms with Crippen molar-refractivity contribution >= 4 is 33.6 Å². The highest BCUT2D eigenvalue weighted by molar-refractivity contribution is 9.10. The Hall–Kier alpha value is -3.91. The van der Waals surface area contributed by atoms with Crippen molar-refractivity contribution in [2.75, 3.05) is 25.5 Å². The van der Waals surface area contributed by atoms with E-state index in [1.165, 1.54) is 0 Å². The number of benzene rings is 3. The van der Waals surface area contributed by atoms with Gasteiger partial charge >= 0.3 is 0 Å². The van der Waals surface area contributed by atoms with Crippen molar-refractivity contribution in [1.29, 1.82) is 0 Å². The molecule has 3 aromatic carbocycles. The lowest BCUT2D eigenvalue weighted by Crippen LogP contribution is -2.39. The van der Waals surface area contributed by atoms with Gasteiger partial charge in [0.25, 0.3) is 5.91 Å². The van der Waals surface area contributed by atoms with Crippen molar-refractivity contribution in [1.82, 2.24) is 14.7 Å². The van der Waals surface area contributed by atoms with Crippen LogP contribution in [0.3, 0.4) is 0 Å². The molecule has 0 saturated carbocycles. The Kier molecular flexibility index (Phi) is 8.97. The molecule has 0 spiro atoms. The molecule has 0 saturated heterocycles. The number of methoxy groups -OCH3 is 1. The monoisotopic (exact) mass is 574 g/mol. The number of ether oxygens (including phenoxy) is 1. The molecule has 38 heavy (non-hydrogen) atoms. The Labute approximate surface area is 231 Å². The van der Waals surface area contributed by atoms with E-state index in [0.29, 0.717) is 17.9 Å². The minimum atomic E-state index is -0.293. The summed E-state index contributed by atoms with van der Waals surface area (Å²) in [5, 5.41) is 7.84. The van der Waals surface area contributed by atoms with Gasteiger partial charge in [0.05, 0.1) is 18.5 Å². The number of nitrogens with one attached hydrogen (secondary N) is 1. The van der Waals surface area contributed by atoms with E-state index in [-0.39, 0.29) is 18.4 Å². The predicted molar refractivity (Wildman–Crippen MR) is 154 cm³/mol. The van der Waals surface area contributed by atoms with Crippen LogP contribution in [0.15, 0.2) is 83.3 Å². The van der Waals surface area contributed by atoms with Gasteiger partial charge in [0.2, 0.25) is 5.91 Å². The molecule has 0 aliphatic heterocycles. The van der Waals surface area contributed by atoms with Crippen LogP contribution >= 0.6 is 15.9 Å². The Morgan fingerprint density at radius 3 is 2.32 bits per heavy atom. The zero-order valence-electron chi connectivity index (χ0n) is 21.8. The Morgan fingerprint density at radius 1 is 1.00 bits per heavy atom. The molecule has 0 atom stereocenters. The fourth-order valence-corrected chi connectivity index (χ4v) is 4.49. The first-order chi connectivity index (χ1) is 18.4. The Bertz CT molecular complexity index is 1380. The number of carbonyl (C=O) groups excluding carboxylic acids is 2. The predicted octanol–water partition coefficient (Wildman–Crippen LogP) is 6.50. The number of aryl methyl sites for hydroxylation is 1. The number of amides is 2. The summed E-state index contributed by atoms with van der Waals surface area (Å²) >= 11 is 3.41. The van der Waals surface area contributed by atoms with E-state index in [9.17, 15) is 9.59 Å². The molecular weight excluding hydrogens is 544 g/mol. The maximum absolute atomic E-state index is 13.5. The van der Waals surface area contributed by atoms with Crippen LogP contribution in [-0.4, -0.2) is 46.7 Å². The van der Waals surface area contributed by atoms with Crippen LogP contribution in [0.5, 0.6) is 5.75 Å². The summed E-state index contributed by atoms with van der Waals surface area (Å²) in [4.78, 5) is 28.4. The van der Waals surface area contributed by atoms with Crippen molar-refractivity contribution in [2.45, 2.75) is 26.7 Å². The number of anilines is 1. The summed E-state index contributed by atoms with van der Waals surface area (Å²) in [6, 6.07) is 24.5. The summed E-state index contributed by atoms with van der Waals surface area (Å²) in [5.41, 5.74) is 3.86. The summed E-state index contributed by atoms with van der Waals surface area (Å²) in [7, 11) is 1.62. The lowest BCUT2D eigenvalue weighted by molar-refractivity contribution is -0.116. The molecule has 0 fully saturated rings. The highest BCUT2D eigenvalue weighted by Gasteiger charge is 2.23. The van der Waals surface area contributed by atoms with E-state index in [1.807, 2.05) is 73.7 Å². The van der Waals surface area contributed by atoms with Crippen molar-refractivity contribution < 1.29 is 14.3 Å². The van der Waals surface area contributed by atoms with Gasteiger partial charge in [-0.15, -0.1) is 0 Å². The number of unbranched alkanes of at least 4 members (excludes halogenated alkanes) is 1. The van der Waals surface area contributed by atoms with Gasteiger partial charge in [-0.3, -0.25) is 9.59 Å². The molecule has 1 aromatic heterocycles. The number of rotatable bonds is 10. The molecule has 0 radical (unpaired) electrons. The van der Waals surface area contributed by atoms with E-state index >= 15 is 0 Å². The fourth-order valence-electron chi connectivity index (χ4n) is 4.22. The van der Waals surface area contributed by atoms with Gasteiger partial charge in [-0.2, -0.15) is 5.10 Å². The molecule has 7 nitrogen and oxygen atoms in total. The lowest BCUT2D eigenvalue weighted by atomic mass is 10.1. The van der Waals surface area contributed by atoms with Gasteiger partial charge in [0.1, 0.15) is 18.1 Å². The molecule has 0 unspecified atom stereocenters. The third kappa shape index (κ3) is 6.31. The van der Waals surface area contributed by atoms with Gasteiger partial charge < -0.3 is 15.0 Å². The van der Waals surface area contributed by atoms with Crippen LogP contribution in [0.1, 0.15) is 35.8 Å². The van der Waals surface area contributed by atoms with Crippen molar-refractivity contribution in [3.8, 4) is 22.6 Å². The van der Waals surface area contributed by atoms with Gasteiger partial charge in [-0.05, 0) is 67.4 Å². The highest BCUT2D eigenvalue weighted by Crippen LogP contribution is 2.33. The minimum Gasteiger partial charge on any atom is -0.497 e. The van der Waals surface area contributed by atoms with Gasteiger partial charge in [-0.25, -0.2) is 4.68 Å². The minimum absolute atomic E-state index is 0.0734. The molecule has 196 valence electrons. The molecule has 1 heterocycles. The molecule has 1 N–H and O–H groups in total. The average molecular weight is 576 g/mol. The Balaban J connectivity index is 1.67. The number of nitrogens with zero attached hydrogens (tertiary/aromatic N) is 3. The standard InChI is InChI=1S/C30H31BrN4O3/c1-4-5-19-34(30(37)23-11-13-24(31)14-12-23)20-27(36)32-29-28(22-9-7-6-8-10-22)21(2)33-35(29)25-15-17-26(38-3)18-16-25/h6-18H,4-5,19-20H2,1-3H3,(H,32,36). The normalized spacial score (nSPS) is 10.7. The topological polar surface area (TPSA) is 76.5 Å². The Morgan fingerprint density at radius 2 is 1.68 bits per heavy atom. The number of hydrogen-bond acceptors (Lipinski definition) is 4. The number of carbonyl (C=O) groups is 2. The molecule has 8 heteroatoms. The molecule has 0 bridgehead atoms. The first kappa shape index (κ1) is 27.1. The van der Waals surface area contributed by atoms with Crippen LogP contribution < -0.4 is 10.1 Å². The van der Waals surface area contributed by atoms with E-state index in [2.05, 4.69) is 28.2 Å². The zero-order chi connectivity index (χ0) is 27.1. The van der Waals surface area contributed by atoms with Crippen molar-refractivity contribution in [3.05, 3.63) is 94.6 Å². The smallest absolute Gasteiger partial charge is 0.254 e. The summed E-state index contributed by atoms with van der Waals surface area (Å²) < 4.78 is 7.92. The van der Waals surface area contributed by atoms with Crippen LogP contribution in [0.2, 0.25) is 0 Å². The van der Waals surface area contributed by atoms with Gasteiger partial charge in [0, 0.05) is 22.1 Å². The molecule has 0 aliphatic rings. The SMILES string of the molecule is CCCCN(CC(=O)Nc1c(-c2ccccc2)c(C)nn1-c1ccc(OC)cc1)C(=O)c1ccc(Br)cc1. The fraction of sp³-hybridized carbons (Fsp3) is 0.233. The molecule has 0 aliphatic carbocycles. The molecular formula is C30H31BrN4O3. The maximum atomic E-state index is 13.5. The summed E-state index contributed by atoms with van der Waals surface area (Å²) in [6.45, 7) is 4.39. The number of hydrogen-bond donors (Lipinski definition) is 1. The average Bonchev–Trinajstić information content (AvgIpc) is 3.26. The van der Waals surface area contributed by atoms with Gasteiger partial charge in [-0.1, -0.05) is 59.6 Å². The zero-order valence-corrected chi connectivity index (χ0v) is 23.4. The van der Waals surface area contributed by atoms with Crippen LogP contribution in [0.25, 0.3) is 16.8 Å². The summed E-state index contributed by atoms with van der Waals surface area (Å²) in [5.74, 6) is 0.808. The second-order valence-electron chi connectivity index (χ2n) is 8.92. The quantitative estimate of drug-likeness (QED) is 0.234. The summed E-state index contributed by atoms with van der Waals surface area (Å²) in [6.07, 6.45) is 1.71. The first-order valence-electron chi connectivity index (χ1n) is 12.6. The largest absolute Gasteiger partial charge is 0.497 e. The van der Waals surface area contributed by atoms with E-state index < -0.39 is 0 Å². The third-order valence-corrected chi connectivity index (χ3v) is 6.72. The number of aromatic nitrogens is 2. The maximum Gasteiger partial charge on any atom is 0.254 e. The van der Waals surface area contributed by atoms with E-state index in [4.69, 9.17) is 9.84 Å². The van der Waals surface area contributed by atoms with Crippen molar-refractivity contribution in [3.63, 3.8) is 0 Å². The van der Waals surface area contributed by atoms with Crippen molar-refractivity contribution in [2.24, 2.45) is 0 Å². The van der Waals surface area contributed by atoms with E-state index in [0.717, 1.165) is 45.6 Å². The van der Waals surface area contributed by atoms with Crippen LogP contribution in [-0.2, 0) is 4.79 Å². The molecule has 4 rings (SSSR count).